The molecule has 0 bridgehead atoms. The van der Waals surface area contributed by atoms with Crippen molar-refractivity contribution in [2.75, 3.05) is 26.4 Å². The molecule has 1 aromatic heterocycles. The minimum absolute atomic E-state index is 0.275. The predicted molar refractivity (Wildman–Crippen MR) is 51.5 cm³/mol. The summed E-state index contributed by atoms with van der Waals surface area (Å²) in [5, 5.41) is 5.97. The fraction of sp³-hybridized carbons (Fsp3) is 0.500. The molecule has 0 fully saturated rings. The van der Waals surface area contributed by atoms with E-state index in [0.29, 0.717) is 0 Å². The van der Waals surface area contributed by atoms with E-state index in [4.69, 9.17) is 5.73 Å². The van der Waals surface area contributed by atoms with Crippen molar-refractivity contribution in [3.8, 4) is 0 Å². The predicted octanol–water partition coefficient (Wildman–Crippen LogP) is -0.544. The molecule has 0 unspecified atom stereocenters. The number of hydrogen-bond acceptors (Lipinski definition) is 4. The second kappa shape index (κ2) is 4.04. The summed E-state index contributed by atoms with van der Waals surface area (Å²) >= 11 is 0. The summed E-state index contributed by atoms with van der Waals surface area (Å²) in [6.45, 7) is 0.856. The van der Waals surface area contributed by atoms with Gasteiger partial charge in [-0.1, -0.05) is 0 Å². The summed E-state index contributed by atoms with van der Waals surface area (Å²) in [6, 6.07) is 0. The van der Waals surface area contributed by atoms with Crippen LogP contribution in [0.1, 0.15) is 5.56 Å². The summed E-state index contributed by atoms with van der Waals surface area (Å²) in [6.07, 6.45) is 2.34. The molecule has 0 saturated carbocycles. The number of nitrogen functional groups attached to an aromatic ring is 1. The number of likely N-dealkylation sites (N-methyl/N-ethyl adjacent to an activating group) is 1. The minimum Gasteiger partial charge on any atom is -0.394 e. The summed E-state index contributed by atoms with van der Waals surface area (Å²) in [5.41, 5.74) is 6.34. The van der Waals surface area contributed by atoms with E-state index in [1.165, 1.54) is 0 Å². The fourth-order valence-corrected chi connectivity index (χ4v) is 0.988. The Labute approximate surface area is 76.6 Å². The van der Waals surface area contributed by atoms with E-state index in [1.54, 1.807) is 6.20 Å². The first kappa shape index (κ1) is 9.73. The molecule has 0 aliphatic rings. The highest BCUT2D eigenvalue weighted by atomic mass is 16.1. The van der Waals surface area contributed by atoms with E-state index in [0.717, 1.165) is 18.5 Å². The lowest BCUT2D eigenvalue weighted by atomic mass is 10.2. The van der Waals surface area contributed by atoms with Crippen molar-refractivity contribution in [1.82, 2.24) is 15.1 Å². The van der Waals surface area contributed by atoms with Crippen LogP contribution < -0.4 is 11.3 Å². The molecule has 3 N–H and O–H groups in total. The van der Waals surface area contributed by atoms with Gasteiger partial charge < -0.3 is 10.6 Å². The third kappa shape index (κ3) is 2.55. The lowest BCUT2D eigenvalue weighted by Crippen LogP contribution is -2.20. The Bertz CT molecular complexity index is 331. The molecule has 0 aromatic carbocycles. The van der Waals surface area contributed by atoms with Crippen LogP contribution in [-0.2, 0) is 6.42 Å². The van der Waals surface area contributed by atoms with E-state index >= 15 is 0 Å². The molecule has 1 rings (SSSR count). The van der Waals surface area contributed by atoms with E-state index < -0.39 is 0 Å². The second-order valence-corrected chi connectivity index (χ2v) is 3.19. The van der Waals surface area contributed by atoms with Crippen LogP contribution >= 0.6 is 0 Å². The van der Waals surface area contributed by atoms with Crippen LogP contribution in [0.3, 0.4) is 0 Å². The number of nitrogens with two attached hydrogens (primary N) is 1. The smallest absolute Gasteiger partial charge is 0.287 e. The summed E-state index contributed by atoms with van der Waals surface area (Å²) in [5.74, 6) is 0. The van der Waals surface area contributed by atoms with Gasteiger partial charge in [0.05, 0.1) is 6.20 Å². The molecule has 5 heteroatoms. The Balaban J connectivity index is 2.77. The standard InChI is InChI=1S/C8H14N4O/c1-12(2)4-3-6-5-10-11-8(13)7(6)9/h5H,3-4H2,1-2H3,(H2,9,10)(H,11,13). The monoisotopic (exact) mass is 182 g/mol. The van der Waals surface area contributed by atoms with Crippen LogP contribution in [0, 0.1) is 0 Å². The van der Waals surface area contributed by atoms with E-state index in [2.05, 4.69) is 10.2 Å². The van der Waals surface area contributed by atoms with Gasteiger partial charge in [0.25, 0.3) is 5.56 Å². The average Bonchev–Trinajstić information content (AvgIpc) is 2.07. The maximum atomic E-state index is 11.0. The number of aromatic nitrogens is 2. The average molecular weight is 182 g/mol. The summed E-state index contributed by atoms with van der Waals surface area (Å²) < 4.78 is 0. The largest absolute Gasteiger partial charge is 0.394 e. The SMILES string of the molecule is CN(C)CCc1cn[nH]c(=O)c1N. The molecule has 13 heavy (non-hydrogen) atoms. The quantitative estimate of drug-likeness (QED) is 0.658. The Hall–Kier alpha value is -1.36. The van der Waals surface area contributed by atoms with Gasteiger partial charge in [0.15, 0.2) is 0 Å². The molecule has 1 aromatic rings. The lowest BCUT2D eigenvalue weighted by Gasteiger charge is -2.09. The van der Waals surface area contributed by atoms with Crippen molar-refractivity contribution >= 4 is 5.69 Å². The molecule has 72 valence electrons. The molecule has 0 spiro atoms. The summed E-state index contributed by atoms with van der Waals surface area (Å²) in [7, 11) is 3.94. The summed E-state index contributed by atoms with van der Waals surface area (Å²) in [4.78, 5) is 13.1. The highest BCUT2D eigenvalue weighted by molar-refractivity contribution is 5.42. The van der Waals surface area contributed by atoms with E-state index in [1.807, 2.05) is 19.0 Å². The third-order valence-electron chi connectivity index (χ3n) is 1.81. The van der Waals surface area contributed by atoms with Gasteiger partial charge in [-0.3, -0.25) is 4.79 Å². The van der Waals surface area contributed by atoms with Crippen LogP contribution in [0.25, 0.3) is 0 Å². The van der Waals surface area contributed by atoms with Crippen LogP contribution in [-0.4, -0.2) is 35.7 Å². The highest BCUT2D eigenvalue weighted by Gasteiger charge is 2.03. The normalized spacial score (nSPS) is 10.7. The first-order valence-electron chi connectivity index (χ1n) is 4.08. The number of anilines is 1. The molecular weight excluding hydrogens is 168 g/mol. The van der Waals surface area contributed by atoms with Crippen LogP contribution in [0.4, 0.5) is 5.69 Å². The molecule has 0 radical (unpaired) electrons. The zero-order valence-corrected chi connectivity index (χ0v) is 7.87. The molecule has 1 heterocycles. The zero-order chi connectivity index (χ0) is 9.84. The van der Waals surface area contributed by atoms with Crippen LogP contribution in [0.15, 0.2) is 11.0 Å². The number of rotatable bonds is 3. The van der Waals surface area contributed by atoms with Gasteiger partial charge in [0, 0.05) is 12.1 Å². The molecule has 0 amide bonds. The number of H-pyrrole nitrogens is 1. The Morgan fingerprint density at radius 3 is 2.92 bits per heavy atom. The fourth-order valence-electron chi connectivity index (χ4n) is 0.988. The van der Waals surface area contributed by atoms with E-state index in [-0.39, 0.29) is 11.2 Å². The molecular formula is C8H14N4O. The number of nitrogens with one attached hydrogen (secondary N) is 1. The number of nitrogens with zero attached hydrogens (tertiary/aromatic N) is 2. The maximum absolute atomic E-state index is 11.0. The maximum Gasteiger partial charge on any atom is 0.287 e. The molecule has 0 aliphatic heterocycles. The van der Waals surface area contributed by atoms with Gasteiger partial charge in [0.1, 0.15) is 5.69 Å². The molecule has 5 nitrogen and oxygen atoms in total. The van der Waals surface area contributed by atoms with Gasteiger partial charge in [-0.25, -0.2) is 5.10 Å². The van der Waals surface area contributed by atoms with Gasteiger partial charge in [-0.15, -0.1) is 0 Å². The van der Waals surface area contributed by atoms with Gasteiger partial charge >= 0.3 is 0 Å². The van der Waals surface area contributed by atoms with Crippen molar-refractivity contribution in [2.24, 2.45) is 0 Å². The first-order valence-corrected chi connectivity index (χ1v) is 4.08. The van der Waals surface area contributed by atoms with Crippen molar-refractivity contribution in [1.29, 1.82) is 0 Å². The Kier molecular flexibility index (Phi) is 3.02. The lowest BCUT2D eigenvalue weighted by molar-refractivity contribution is 0.413. The third-order valence-corrected chi connectivity index (χ3v) is 1.81. The van der Waals surface area contributed by atoms with E-state index in [9.17, 15) is 4.79 Å². The van der Waals surface area contributed by atoms with Gasteiger partial charge in [-0.05, 0) is 20.5 Å². The van der Waals surface area contributed by atoms with Crippen molar-refractivity contribution in [3.05, 3.63) is 22.1 Å². The minimum atomic E-state index is -0.309. The topological polar surface area (TPSA) is 75.0 Å². The van der Waals surface area contributed by atoms with Crippen LogP contribution in [0.2, 0.25) is 0 Å². The Morgan fingerprint density at radius 1 is 1.62 bits per heavy atom. The zero-order valence-electron chi connectivity index (χ0n) is 7.87. The number of hydrogen-bond donors (Lipinski definition) is 2. The van der Waals surface area contributed by atoms with Crippen LogP contribution in [0.5, 0.6) is 0 Å². The van der Waals surface area contributed by atoms with Crippen molar-refractivity contribution in [2.45, 2.75) is 6.42 Å². The van der Waals surface area contributed by atoms with Crippen molar-refractivity contribution < 1.29 is 0 Å². The van der Waals surface area contributed by atoms with Gasteiger partial charge in [0.2, 0.25) is 0 Å². The molecule has 0 saturated heterocycles. The van der Waals surface area contributed by atoms with Crippen molar-refractivity contribution in [3.63, 3.8) is 0 Å². The van der Waals surface area contributed by atoms with Gasteiger partial charge in [-0.2, -0.15) is 5.10 Å². The molecule has 0 aliphatic carbocycles. The molecule has 0 atom stereocenters. The highest BCUT2D eigenvalue weighted by Crippen LogP contribution is 2.03. The Morgan fingerprint density at radius 2 is 2.31 bits per heavy atom. The first-order chi connectivity index (χ1) is 6.11. The second-order valence-electron chi connectivity index (χ2n) is 3.19. The number of aromatic amines is 1.